The van der Waals surface area contributed by atoms with E-state index in [1.54, 1.807) is 34.6 Å². The molecule has 0 aromatic carbocycles. The quantitative estimate of drug-likeness (QED) is 0.414. The predicted octanol–water partition coefficient (Wildman–Crippen LogP) is 2.09. The van der Waals surface area contributed by atoms with Gasteiger partial charge in [0, 0.05) is 19.5 Å². The third kappa shape index (κ3) is 5.71. The second kappa shape index (κ2) is 9.00. The zero-order valence-electron chi connectivity index (χ0n) is 16.3. The third-order valence-electron chi connectivity index (χ3n) is 4.02. The van der Waals surface area contributed by atoms with Gasteiger partial charge in [0.2, 0.25) is 0 Å². The van der Waals surface area contributed by atoms with Crippen LogP contribution in [0.1, 0.15) is 53.9 Å². The highest BCUT2D eigenvalue weighted by Gasteiger charge is 2.50. The van der Waals surface area contributed by atoms with Gasteiger partial charge in [0.1, 0.15) is 11.0 Å². The van der Waals surface area contributed by atoms with Crippen molar-refractivity contribution in [2.75, 3.05) is 26.3 Å². The minimum Gasteiger partial charge on any atom is -0.466 e. The molecular formula is C18H29NO7. The summed E-state index contributed by atoms with van der Waals surface area (Å²) in [6.07, 6.45) is -1.01. The van der Waals surface area contributed by atoms with E-state index in [2.05, 4.69) is 0 Å². The highest BCUT2D eigenvalue weighted by Crippen LogP contribution is 2.34. The van der Waals surface area contributed by atoms with Crippen LogP contribution in [0.25, 0.3) is 0 Å². The van der Waals surface area contributed by atoms with Crippen LogP contribution in [0.3, 0.4) is 0 Å². The van der Waals surface area contributed by atoms with Crippen molar-refractivity contribution in [2.45, 2.75) is 59.5 Å². The SMILES string of the molecule is CCOC(=O)CC1(C(=O)OCC)CCN(C(=O)OC(C)(C)C)CCC1=O. The van der Waals surface area contributed by atoms with Crippen molar-refractivity contribution >= 4 is 23.8 Å². The van der Waals surface area contributed by atoms with Crippen molar-refractivity contribution in [1.29, 1.82) is 0 Å². The van der Waals surface area contributed by atoms with E-state index in [1.807, 2.05) is 0 Å². The van der Waals surface area contributed by atoms with E-state index in [9.17, 15) is 19.2 Å². The van der Waals surface area contributed by atoms with E-state index in [0.29, 0.717) is 0 Å². The summed E-state index contributed by atoms with van der Waals surface area (Å²) in [6.45, 7) is 8.99. The Kier molecular flexibility index (Phi) is 7.59. The third-order valence-corrected chi connectivity index (χ3v) is 4.02. The second-order valence-electron chi connectivity index (χ2n) is 7.17. The molecule has 0 bridgehead atoms. The van der Waals surface area contributed by atoms with E-state index in [1.165, 1.54) is 4.90 Å². The summed E-state index contributed by atoms with van der Waals surface area (Å²) in [7, 11) is 0. The maximum absolute atomic E-state index is 12.8. The topological polar surface area (TPSA) is 99.2 Å². The number of esters is 2. The molecule has 1 atom stereocenters. The van der Waals surface area contributed by atoms with E-state index in [4.69, 9.17) is 14.2 Å². The molecule has 26 heavy (non-hydrogen) atoms. The first-order valence-electron chi connectivity index (χ1n) is 8.89. The smallest absolute Gasteiger partial charge is 0.410 e. The standard InChI is InChI=1S/C18H29NO7/c1-6-24-14(21)12-18(15(22)25-7-2)9-11-19(10-8-13(18)20)16(23)26-17(3,4)5/h6-12H2,1-5H3. The van der Waals surface area contributed by atoms with Crippen LogP contribution in [0, 0.1) is 5.41 Å². The lowest BCUT2D eigenvalue weighted by atomic mass is 9.76. The van der Waals surface area contributed by atoms with Gasteiger partial charge in [0.15, 0.2) is 5.78 Å². The minimum atomic E-state index is -1.63. The average Bonchev–Trinajstić information content (AvgIpc) is 2.67. The Hall–Kier alpha value is -2.12. The zero-order chi connectivity index (χ0) is 20.0. The van der Waals surface area contributed by atoms with Gasteiger partial charge < -0.3 is 19.1 Å². The summed E-state index contributed by atoms with van der Waals surface area (Å²) >= 11 is 0. The Bertz CT molecular complexity index is 552. The van der Waals surface area contributed by atoms with Gasteiger partial charge in [-0.25, -0.2) is 4.79 Å². The number of likely N-dealkylation sites (tertiary alicyclic amines) is 1. The number of Topliss-reactive ketones (excluding diaryl/α,β-unsaturated/α-hetero) is 1. The largest absolute Gasteiger partial charge is 0.466 e. The Balaban J connectivity index is 3.03. The van der Waals surface area contributed by atoms with Gasteiger partial charge in [-0.3, -0.25) is 14.4 Å². The number of hydrogen-bond acceptors (Lipinski definition) is 7. The van der Waals surface area contributed by atoms with E-state index in [-0.39, 0.29) is 45.6 Å². The van der Waals surface area contributed by atoms with Crippen LogP contribution in [0.4, 0.5) is 4.79 Å². The number of carbonyl (C=O) groups is 4. The summed E-state index contributed by atoms with van der Waals surface area (Å²) < 4.78 is 15.3. The van der Waals surface area contributed by atoms with Crippen LogP contribution in [-0.4, -0.2) is 60.6 Å². The van der Waals surface area contributed by atoms with Gasteiger partial charge in [-0.2, -0.15) is 0 Å². The fraction of sp³-hybridized carbons (Fsp3) is 0.778. The van der Waals surface area contributed by atoms with Crippen LogP contribution in [0.5, 0.6) is 0 Å². The van der Waals surface area contributed by atoms with Crippen molar-refractivity contribution in [3.05, 3.63) is 0 Å². The van der Waals surface area contributed by atoms with Crippen LogP contribution >= 0.6 is 0 Å². The maximum atomic E-state index is 12.8. The average molecular weight is 371 g/mol. The van der Waals surface area contributed by atoms with Crippen LogP contribution in [0.2, 0.25) is 0 Å². The monoisotopic (exact) mass is 371 g/mol. The van der Waals surface area contributed by atoms with Gasteiger partial charge in [-0.15, -0.1) is 0 Å². The van der Waals surface area contributed by atoms with Gasteiger partial charge >= 0.3 is 18.0 Å². The first kappa shape index (κ1) is 21.9. The van der Waals surface area contributed by atoms with Crippen LogP contribution in [0.15, 0.2) is 0 Å². The minimum absolute atomic E-state index is 0.0112. The molecule has 1 heterocycles. The number of amides is 1. The van der Waals surface area contributed by atoms with Crippen LogP contribution < -0.4 is 0 Å². The molecule has 8 heteroatoms. The number of ketones is 1. The van der Waals surface area contributed by atoms with Gasteiger partial charge in [-0.1, -0.05) is 0 Å². The lowest BCUT2D eigenvalue weighted by molar-refractivity contribution is -0.166. The highest BCUT2D eigenvalue weighted by atomic mass is 16.6. The molecule has 0 aliphatic carbocycles. The molecule has 1 aliphatic heterocycles. The Morgan fingerprint density at radius 1 is 1.08 bits per heavy atom. The molecule has 8 nitrogen and oxygen atoms in total. The maximum Gasteiger partial charge on any atom is 0.410 e. The molecule has 148 valence electrons. The molecule has 0 aromatic heterocycles. The molecule has 0 aromatic rings. The number of hydrogen-bond donors (Lipinski definition) is 0. The Morgan fingerprint density at radius 3 is 2.23 bits per heavy atom. The molecule has 1 unspecified atom stereocenters. The van der Waals surface area contributed by atoms with E-state index in [0.717, 1.165) is 0 Å². The van der Waals surface area contributed by atoms with Gasteiger partial charge in [0.05, 0.1) is 19.6 Å². The molecule has 1 aliphatic rings. The molecule has 1 fully saturated rings. The molecule has 0 spiro atoms. The first-order valence-corrected chi connectivity index (χ1v) is 8.89. The van der Waals surface area contributed by atoms with Crippen molar-refractivity contribution in [3.63, 3.8) is 0 Å². The summed E-state index contributed by atoms with van der Waals surface area (Å²) in [5.74, 6) is -1.81. The van der Waals surface area contributed by atoms with Gasteiger partial charge in [-0.05, 0) is 41.0 Å². The van der Waals surface area contributed by atoms with Gasteiger partial charge in [0.25, 0.3) is 0 Å². The molecule has 0 N–H and O–H groups in total. The number of rotatable bonds is 5. The summed E-state index contributed by atoms with van der Waals surface area (Å²) in [4.78, 5) is 51.0. The number of nitrogens with zero attached hydrogens (tertiary/aromatic N) is 1. The van der Waals surface area contributed by atoms with Crippen molar-refractivity contribution < 1.29 is 33.4 Å². The lowest BCUT2D eigenvalue weighted by Crippen LogP contribution is -2.43. The van der Waals surface area contributed by atoms with E-state index >= 15 is 0 Å². The molecule has 1 saturated heterocycles. The molecule has 0 radical (unpaired) electrons. The van der Waals surface area contributed by atoms with Crippen molar-refractivity contribution in [1.82, 2.24) is 4.90 Å². The van der Waals surface area contributed by atoms with Crippen molar-refractivity contribution in [2.24, 2.45) is 5.41 Å². The second-order valence-corrected chi connectivity index (χ2v) is 7.17. The molecule has 0 saturated carbocycles. The normalized spacial score (nSPS) is 21.0. The lowest BCUT2D eigenvalue weighted by Gasteiger charge is -2.28. The van der Waals surface area contributed by atoms with Crippen molar-refractivity contribution in [3.8, 4) is 0 Å². The summed E-state index contributed by atoms with van der Waals surface area (Å²) in [6, 6.07) is 0. The summed E-state index contributed by atoms with van der Waals surface area (Å²) in [5, 5.41) is 0. The fourth-order valence-electron chi connectivity index (χ4n) is 2.76. The first-order chi connectivity index (χ1) is 12.1. The fourth-order valence-corrected chi connectivity index (χ4v) is 2.76. The zero-order valence-corrected chi connectivity index (χ0v) is 16.3. The van der Waals surface area contributed by atoms with E-state index < -0.39 is 34.8 Å². The number of ether oxygens (including phenoxy) is 3. The molecule has 1 amide bonds. The highest BCUT2D eigenvalue weighted by molar-refractivity contribution is 6.06. The Morgan fingerprint density at radius 2 is 1.69 bits per heavy atom. The molecular weight excluding hydrogens is 342 g/mol. The van der Waals surface area contributed by atoms with Crippen LogP contribution in [-0.2, 0) is 28.6 Å². The number of carbonyl (C=O) groups excluding carboxylic acids is 4. The predicted molar refractivity (Wildman–Crippen MR) is 92.4 cm³/mol. The summed E-state index contributed by atoms with van der Waals surface area (Å²) in [5.41, 5.74) is -2.30. The molecule has 1 rings (SSSR count). The Labute approximate surface area is 154 Å².